The van der Waals surface area contributed by atoms with Crippen LogP contribution in [0.4, 0.5) is 0 Å². The number of carbonyl (C=O) groups excluding carboxylic acids is 2. The molecule has 9 heteroatoms. The quantitative estimate of drug-likeness (QED) is 0.400. The lowest BCUT2D eigenvalue weighted by Crippen LogP contribution is -2.39. The van der Waals surface area contributed by atoms with Crippen molar-refractivity contribution in [2.75, 3.05) is 33.4 Å². The van der Waals surface area contributed by atoms with Gasteiger partial charge < -0.3 is 24.3 Å². The van der Waals surface area contributed by atoms with E-state index >= 15 is 0 Å². The molecule has 0 atom stereocenters. The highest BCUT2D eigenvalue weighted by Crippen LogP contribution is 2.30. The zero-order valence-electron chi connectivity index (χ0n) is 21.6. The number of hydrogen-bond donors (Lipinski definition) is 1. The average Bonchev–Trinajstić information content (AvgIpc) is 3.45. The lowest BCUT2D eigenvalue weighted by Gasteiger charge is -2.32. The molecule has 4 rings (SSSR count). The number of aromatic nitrogens is 3. The Morgan fingerprint density at radius 3 is 2.70 bits per heavy atom. The molecule has 0 saturated carbocycles. The van der Waals surface area contributed by atoms with Crippen LogP contribution in [0.25, 0.3) is 0 Å². The first-order chi connectivity index (χ1) is 18.0. The number of amides is 2. The smallest absolute Gasteiger partial charge is 0.253 e. The standard InChI is InChI=1S/C28H35N5O4/c1-21-7-8-25(28(35)30-12-4-14-32-17-13-29-20-32)27(31-21)22-9-15-33(16-10-22)26(34)11-18-37-24-6-3-5-23(19-24)36-2/h3,5-8,13,17,19-20,22H,4,9-12,14-16,18H2,1-2H3,(H,30,35). The van der Waals surface area contributed by atoms with Gasteiger partial charge in [-0.05, 0) is 50.5 Å². The van der Waals surface area contributed by atoms with Crippen molar-refractivity contribution in [2.45, 2.75) is 45.1 Å². The predicted molar refractivity (Wildman–Crippen MR) is 140 cm³/mol. The van der Waals surface area contributed by atoms with E-state index in [1.54, 1.807) is 25.7 Å². The molecule has 1 N–H and O–H groups in total. The number of carbonyl (C=O) groups is 2. The van der Waals surface area contributed by atoms with Crippen LogP contribution in [0, 0.1) is 6.92 Å². The molecule has 1 aliphatic rings. The second kappa shape index (κ2) is 12.9. The summed E-state index contributed by atoms with van der Waals surface area (Å²) in [7, 11) is 1.61. The van der Waals surface area contributed by atoms with Crippen molar-refractivity contribution in [1.29, 1.82) is 0 Å². The molecule has 9 nitrogen and oxygen atoms in total. The van der Waals surface area contributed by atoms with Crippen LogP contribution < -0.4 is 14.8 Å². The molecule has 1 saturated heterocycles. The van der Waals surface area contributed by atoms with Crippen molar-refractivity contribution in [1.82, 2.24) is 24.8 Å². The number of methoxy groups -OCH3 is 1. The van der Waals surface area contributed by atoms with Gasteiger partial charge in [-0.2, -0.15) is 0 Å². The Hall–Kier alpha value is -3.88. The summed E-state index contributed by atoms with van der Waals surface area (Å²) in [6, 6.07) is 11.1. The van der Waals surface area contributed by atoms with Gasteiger partial charge in [0.1, 0.15) is 11.5 Å². The fraction of sp³-hybridized carbons (Fsp3) is 0.429. The molecule has 2 aromatic heterocycles. The van der Waals surface area contributed by atoms with Gasteiger partial charge in [-0.3, -0.25) is 14.6 Å². The first-order valence-corrected chi connectivity index (χ1v) is 12.8. The Kier molecular flexibility index (Phi) is 9.13. The molecule has 1 aliphatic heterocycles. The van der Waals surface area contributed by atoms with E-state index in [1.807, 2.05) is 52.9 Å². The Labute approximate surface area is 217 Å². The number of ether oxygens (including phenoxy) is 2. The third-order valence-corrected chi connectivity index (χ3v) is 6.61. The summed E-state index contributed by atoms with van der Waals surface area (Å²) in [5.41, 5.74) is 2.35. The Morgan fingerprint density at radius 1 is 1.14 bits per heavy atom. The first kappa shape index (κ1) is 26.2. The highest BCUT2D eigenvalue weighted by atomic mass is 16.5. The van der Waals surface area contributed by atoms with Crippen LogP contribution in [0.1, 0.15) is 53.3 Å². The summed E-state index contributed by atoms with van der Waals surface area (Å²) in [6.07, 6.45) is 8.12. The monoisotopic (exact) mass is 505 g/mol. The number of nitrogens with one attached hydrogen (secondary N) is 1. The van der Waals surface area contributed by atoms with Crippen LogP contribution in [0.2, 0.25) is 0 Å². The number of imidazole rings is 1. The second-order valence-electron chi connectivity index (χ2n) is 9.23. The van der Waals surface area contributed by atoms with E-state index in [1.165, 1.54) is 0 Å². The molecule has 0 unspecified atom stereocenters. The van der Waals surface area contributed by atoms with Crippen LogP contribution in [-0.4, -0.2) is 64.6 Å². The third kappa shape index (κ3) is 7.31. The minimum atomic E-state index is -0.0960. The second-order valence-corrected chi connectivity index (χ2v) is 9.23. The lowest BCUT2D eigenvalue weighted by atomic mass is 9.89. The average molecular weight is 506 g/mol. The van der Waals surface area contributed by atoms with E-state index in [-0.39, 0.29) is 17.7 Å². The minimum absolute atomic E-state index is 0.0782. The molecule has 0 aliphatic carbocycles. The van der Waals surface area contributed by atoms with Gasteiger partial charge in [-0.25, -0.2) is 4.98 Å². The summed E-state index contributed by atoms with van der Waals surface area (Å²) in [5.74, 6) is 1.53. The molecule has 1 fully saturated rings. The molecular formula is C28H35N5O4. The number of rotatable bonds is 11. The van der Waals surface area contributed by atoms with Crippen molar-refractivity contribution in [3.05, 3.63) is 72.1 Å². The minimum Gasteiger partial charge on any atom is -0.497 e. The maximum Gasteiger partial charge on any atom is 0.253 e. The number of nitrogens with zero attached hydrogens (tertiary/aromatic N) is 4. The lowest BCUT2D eigenvalue weighted by molar-refractivity contribution is -0.132. The fourth-order valence-corrected chi connectivity index (χ4v) is 4.57. The van der Waals surface area contributed by atoms with E-state index in [0.717, 1.165) is 42.9 Å². The normalized spacial score (nSPS) is 13.8. The van der Waals surface area contributed by atoms with Crippen molar-refractivity contribution in [2.24, 2.45) is 0 Å². The van der Waals surface area contributed by atoms with Crippen molar-refractivity contribution >= 4 is 11.8 Å². The fourth-order valence-electron chi connectivity index (χ4n) is 4.57. The molecule has 0 spiro atoms. The van der Waals surface area contributed by atoms with Gasteiger partial charge in [0.05, 0.1) is 37.7 Å². The molecular weight excluding hydrogens is 470 g/mol. The van der Waals surface area contributed by atoms with Crippen LogP contribution in [0.5, 0.6) is 11.5 Å². The summed E-state index contributed by atoms with van der Waals surface area (Å²) < 4.78 is 12.9. The number of aryl methyl sites for hydroxylation is 2. The summed E-state index contributed by atoms with van der Waals surface area (Å²) in [6.45, 7) is 4.92. The number of piperidine rings is 1. The van der Waals surface area contributed by atoms with E-state index in [0.29, 0.717) is 44.0 Å². The maximum absolute atomic E-state index is 13.0. The highest BCUT2D eigenvalue weighted by molar-refractivity contribution is 5.95. The SMILES string of the molecule is COc1cccc(OCCC(=O)N2CCC(c3nc(C)ccc3C(=O)NCCCn3ccnc3)CC2)c1. The van der Waals surface area contributed by atoms with Crippen molar-refractivity contribution < 1.29 is 19.1 Å². The van der Waals surface area contributed by atoms with Crippen LogP contribution >= 0.6 is 0 Å². The Bertz CT molecular complexity index is 1170. The topological polar surface area (TPSA) is 98.6 Å². The summed E-state index contributed by atoms with van der Waals surface area (Å²) in [5, 5.41) is 3.03. The van der Waals surface area contributed by atoms with E-state index < -0.39 is 0 Å². The molecule has 196 valence electrons. The van der Waals surface area contributed by atoms with Crippen molar-refractivity contribution in [3.63, 3.8) is 0 Å². The van der Waals surface area contributed by atoms with Crippen LogP contribution in [-0.2, 0) is 11.3 Å². The Balaban J connectivity index is 1.26. The van der Waals surface area contributed by atoms with Gasteiger partial charge in [-0.15, -0.1) is 0 Å². The van der Waals surface area contributed by atoms with E-state index in [2.05, 4.69) is 10.3 Å². The molecule has 37 heavy (non-hydrogen) atoms. The van der Waals surface area contributed by atoms with E-state index in [4.69, 9.17) is 14.5 Å². The number of hydrogen-bond acceptors (Lipinski definition) is 6. The Morgan fingerprint density at radius 2 is 1.95 bits per heavy atom. The third-order valence-electron chi connectivity index (χ3n) is 6.61. The zero-order valence-corrected chi connectivity index (χ0v) is 21.6. The van der Waals surface area contributed by atoms with Gasteiger partial charge in [-0.1, -0.05) is 6.07 Å². The van der Waals surface area contributed by atoms with Crippen LogP contribution in [0.15, 0.2) is 55.1 Å². The maximum atomic E-state index is 13.0. The van der Waals surface area contributed by atoms with Gasteiger partial charge in [0, 0.05) is 56.3 Å². The molecule has 3 heterocycles. The number of benzene rings is 1. The molecule has 2 amide bonds. The summed E-state index contributed by atoms with van der Waals surface area (Å²) in [4.78, 5) is 36.4. The highest BCUT2D eigenvalue weighted by Gasteiger charge is 2.27. The van der Waals surface area contributed by atoms with Gasteiger partial charge in [0.2, 0.25) is 5.91 Å². The van der Waals surface area contributed by atoms with Crippen LogP contribution in [0.3, 0.4) is 0 Å². The number of likely N-dealkylation sites (tertiary alicyclic amines) is 1. The molecule has 3 aromatic rings. The first-order valence-electron chi connectivity index (χ1n) is 12.8. The molecule has 0 bridgehead atoms. The predicted octanol–water partition coefficient (Wildman–Crippen LogP) is 3.59. The van der Waals surface area contributed by atoms with Gasteiger partial charge in [0.15, 0.2) is 0 Å². The zero-order chi connectivity index (χ0) is 26.0. The van der Waals surface area contributed by atoms with Crippen molar-refractivity contribution in [3.8, 4) is 11.5 Å². The molecule has 0 radical (unpaired) electrons. The largest absolute Gasteiger partial charge is 0.497 e. The summed E-state index contributed by atoms with van der Waals surface area (Å²) >= 11 is 0. The van der Waals surface area contributed by atoms with Gasteiger partial charge in [0.25, 0.3) is 5.91 Å². The molecule has 1 aromatic carbocycles. The van der Waals surface area contributed by atoms with E-state index in [9.17, 15) is 9.59 Å². The number of pyridine rings is 1. The van der Waals surface area contributed by atoms with Gasteiger partial charge >= 0.3 is 0 Å².